The fraction of sp³-hybridized carbons (Fsp3) is 0.500. The van der Waals surface area contributed by atoms with Crippen LogP contribution in [0.15, 0.2) is 84.9 Å². The van der Waals surface area contributed by atoms with Crippen molar-refractivity contribution >= 4 is 25.7 Å². The first-order valence-electron chi connectivity index (χ1n) is 15.3. The van der Waals surface area contributed by atoms with Crippen molar-refractivity contribution in [1.82, 2.24) is 20.3 Å². The topological polar surface area (TPSA) is 48.1 Å². The van der Waals surface area contributed by atoms with Crippen molar-refractivity contribution in [3.8, 4) is 0 Å². The third kappa shape index (κ3) is 12.2. The molecule has 0 amide bonds. The van der Waals surface area contributed by atoms with Crippen LogP contribution in [0.1, 0.15) is 94.2 Å². The van der Waals surface area contributed by atoms with Crippen molar-refractivity contribution in [2.45, 2.75) is 118 Å². The summed E-state index contributed by atoms with van der Waals surface area (Å²) in [6.45, 7) is 27.3. The summed E-state index contributed by atoms with van der Waals surface area (Å²) in [5.74, 6) is 0. The second-order valence-electron chi connectivity index (χ2n) is 15.9. The monoisotopic (exact) mass is 643 g/mol. The van der Waals surface area contributed by atoms with Crippen LogP contribution in [0.3, 0.4) is 0 Å². The predicted octanol–water partition coefficient (Wildman–Crippen LogP) is 5.59. The summed E-state index contributed by atoms with van der Waals surface area (Å²) in [5, 5.41) is 19.1. The van der Waals surface area contributed by atoms with Crippen LogP contribution in [-0.2, 0) is 12.3 Å². The van der Waals surface area contributed by atoms with E-state index in [2.05, 4.69) is 188 Å². The van der Waals surface area contributed by atoms with Gasteiger partial charge in [-0.3, -0.25) is 0 Å². The highest BCUT2D eigenvalue weighted by Gasteiger charge is 2.48. The van der Waals surface area contributed by atoms with Gasteiger partial charge in [-0.15, -0.1) is 0 Å². The Morgan fingerprint density at radius 3 is 0.837 bits per heavy atom. The van der Waals surface area contributed by atoms with Crippen LogP contribution in [0.2, 0.25) is 0 Å². The molecule has 3 aromatic carbocycles. The van der Waals surface area contributed by atoms with Gasteiger partial charge in [0.1, 0.15) is 22.9 Å². The zero-order valence-electron chi connectivity index (χ0n) is 28.8. The number of rotatable bonds is 10. The molecule has 0 atom stereocenters. The van der Waals surface area contributed by atoms with Crippen LogP contribution in [0.5, 0.6) is 0 Å². The van der Waals surface area contributed by atoms with Crippen LogP contribution in [0, 0.1) is 0 Å². The van der Waals surface area contributed by atoms with Crippen molar-refractivity contribution in [1.29, 1.82) is 0 Å². The van der Waals surface area contributed by atoms with Gasteiger partial charge in [0.15, 0.2) is 15.1 Å². The molecule has 0 aliphatic heterocycles. The van der Waals surface area contributed by atoms with E-state index >= 15 is 0 Å². The molecule has 0 aliphatic carbocycles. The van der Waals surface area contributed by atoms with Gasteiger partial charge in [-0.1, -0.05) is 60.7 Å². The molecular weight excluding hydrogens is 586 g/mol. The molecule has 0 heterocycles. The molecule has 3 aromatic rings. The van der Waals surface area contributed by atoms with Gasteiger partial charge in [0.2, 0.25) is 0 Å². The van der Waals surface area contributed by atoms with Gasteiger partial charge in [-0.05, 0) is 118 Å². The smallest absolute Gasteiger partial charge is 0.185 e. The molecule has 0 aliphatic rings. The molecule has 0 saturated carbocycles. The largest absolute Gasteiger partial charge is 1.00 e. The quantitative estimate of drug-likeness (QED) is 0.218. The second kappa shape index (κ2) is 14.4. The number of hydrogen-bond donors (Lipinski definition) is 4. The van der Waals surface area contributed by atoms with E-state index in [-0.39, 0.29) is 34.6 Å². The van der Waals surface area contributed by atoms with E-state index < -0.39 is 15.1 Å². The van der Waals surface area contributed by atoms with Gasteiger partial charge < -0.3 is 12.4 Å². The highest BCUT2D eigenvalue weighted by atomic mass is 35.5. The second-order valence-corrected chi connectivity index (χ2v) is 21.7. The Bertz CT molecular complexity index is 1120. The lowest BCUT2D eigenvalue weighted by Crippen LogP contribution is -3.00. The minimum Gasteiger partial charge on any atom is -1.00 e. The summed E-state index contributed by atoms with van der Waals surface area (Å²) in [6.07, 6.45) is 1.87. The molecule has 0 bridgehead atoms. The molecule has 3 rings (SSSR count). The van der Waals surface area contributed by atoms with E-state index in [1.165, 1.54) is 21.7 Å². The Morgan fingerprint density at radius 1 is 0.395 bits per heavy atom. The lowest BCUT2D eigenvalue weighted by molar-refractivity contribution is -0.0000127. The summed E-state index contributed by atoms with van der Waals surface area (Å²) in [5.41, 5.74) is 2.52. The minimum atomic E-state index is -1.99. The zero-order valence-corrected chi connectivity index (χ0v) is 31.3. The molecule has 4 nitrogen and oxygen atoms in total. The Balaban J connectivity index is 0.00000645. The Morgan fingerprint density at radius 2 is 0.628 bits per heavy atom. The molecule has 0 aromatic heterocycles. The van der Waals surface area contributed by atoms with Gasteiger partial charge in [-0.2, -0.15) is 20.3 Å². The number of hydrogen-bond acceptors (Lipinski definition) is 4. The summed E-state index contributed by atoms with van der Waals surface area (Å²) >= 11 is 0. The maximum Gasteiger partial charge on any atom is 0.185 e. The Kier molecular flexibility index (Phi) is 12.7. The van der Waals surface area contributed by atoms with E-state index in [0.717, 1.165) is 12.3 Å². The van der Waals surface area contributed by atoms with Gasteiger partial charge in [0.05, 0.1) is 0 Å². The molecule has 4 N–H and O–H groups in total. The highest BCUT2D eigenvalue weighted by molar-refractivity contribution is 7.79. The van der Waals surface area contributed by atoms with Crippen molar-refractivity contribution in [2.24, 2.45) is 0 Å². The van der Waals surface area contributed by atoms with Crippen molar-refractivity contribution in [3.05, 3.63) is 96.1 Å². The Hall–Kier alpha value is -1.35. The average Bonchev–Trinajstić information content (AvgIpc) is 2.82. The maximum absolute atomic E-state index is 4.10. The molecule has 0 fully saturated rings. The van der Waals surface area contributed by atoms with Crippen LogP contribution in [-0.4, -0.2) is 22.2 Å². The fourth-order valence-electron chi connectivity index (χ4n) is 5.61. The first-order valence-corrected chi connectivity index (χ1v) is 19.3. The standard InChI is InChI=1S/C36H58N4P2.ClH/c1-33(2,3)37-41(38-34(4,5)6,31-19-15-13-16-20-31)27-29-23-25-30(26-24-29)28-42(39-35(7,8)9,40-36(10,11)12)32-21-17-14-18-22-32;/h13-26,37-40H,27-28H2,1-12H3;1H/q+2;/p-1. The molecular formula is C36H58ClN4P2+. The molecule has 0 unspecified atom stereocenters. The molecule has 0 spiro atoms. The van der Waals surface area contributed by atoms with Crippen molar-refractivity contribution < 1.29 is 12.4 Å². The number of halogens is 1. The van der Waals surface area contributed by atoms with E-state index in [9.17, 15) is 0 Å². The van der Waals surface area contributed by atoms with E-state index in [0.29, 0.717) is 0 Å². The minimum absolute atomic E-state index is 0. The molecule has 238 valence electrons. The van der Waals surface area contributed by atoms with Crippen LogP contribution in [0.4, 0.5) is 0 Å². The van der Waals surface area contributed by atoms with Crippen molar-refractivity contribution in [2.75, 3.05) is 0 Å². The lowest BCUT2D eigenvalue weighted by Gasteiger charge is -2.38. The lowest BCUT2D eigenvalue weighted by atomic mass is 10.1. The van der Waals surface area contributed by atoms with Crippen molar-refractivity contribution in [3.63, 3.8) is 0 Å². The third-order valence-electron chi connectivity index (χ3n) is 6.36. The number of benzene rings is 3. The number of nitrogens with one attached hydrogen (secondary N) is 4. The summed E-state index contributed by atoms with van der Waals surface area (Å²) in [4.78, 5) is 0. The molecule has 43 heavy (non-hydrogen) atoms. The first kappa shape index (κ1) is 37.8. The van der Waals surface area contributed by atoms with Crippen LogP contribution < -0.4 is 43.4 Å². The fourth-order valence-corrected chi connectivity index (χ4v) is 14.4. The van der Waals surface area contributed by atoms with Gasteiger partial charge in [0, 0.05) is 22.2 Å². The third-order valence-corrected chi connectivity index (χ3v) is 14.6. The van der Waals surface area contributed by atoms with Gasteiger partial charge >= 0.3 is 0 Å². The summed E-state index contributed by atoms with van der Waals surface area (Å²) < 4.78 is 0. The average molecular weight is 644 g/mol. The molecule has 7 heteroatoms. The summed E-state index contributed by atoms with van der Waals surface area (Å²) in [6, 6.07) is 31.5. The first-order chi connectivity index (χ1) is 19.2. The molecule has 0 saturated heterocycles. The Labute approximate surface area is 271 Å². The van der Waals surface area contributed by atoms with E-state index in [1.54, 1.807) is 0 Å². The van der Waals surface area contributed by atoms with Gasteiger partial charge in [0.25, 0.3) is 0 Å². The van der Waals surface area contributed by atoms with Crippen LogP contribution >= 0.6 is 15.1 Å². The normalized spacial score (nSPS) is 13.5. The highest BCUT2D eigenvalue weighted by Crippen LogP contribution is 2.57. The molecule has 0 radical (unpaired) electrons. The predicted molar refractivity (Wildman–Crippen MR) is 191 cm³/mol. The maximum atomic E-state index is 4.10. The van der Waals surface area contributed by atoms with Gasteiger partial charge in [-0.25, -0.2) is 0 Å². The summed E-state index contributed by atoms with van der Waals surface area (Å²) in [7, 11) is -3.98. The SMILES string of the molecule is CC(C)(C)N[P+](Cc1ccc(C[P+](NC(C)(C)C)(NC(C)(C)C)c2ccccc2)cc1)(NC(C)(C)C)c1ccccc1.[Cl-]. The van der Waals surface area contributed by atoms with E-state index in [1.807, 2.05) is 0 Å². The zero-order chi connectivity index (χ0) is 31.5. The van der Waals surface area contributed by atoms with Crippen LogP contribution in [0.25, 0.3) is 0 Å². The van der Waals surface area contributed by atoms with E-state index in [4.69, 9.17) is 0 Å².